The molecule has 0 radical (unpaired) electrons. The molecule has 92 valence electrons. The molecule has 3 heteroatoms. The van der Waals surface area contributed by atoms with E-state index in [4.69, 9.17) is 15.5 Å². The molecule has 1 aliphatic carbocycles. The second-order valence-corrected chi connectivity index (χ2v) is 5.79. The number of ether oxygens (including phenoxy) is 1. The van der Waals surface area contributed by atoms with Gasteiger partial charge in [-0.05, 0) is 39.5 Å². The standard InChI is InChI=1S/C13H24N2O/c1-13(2)9-11(7-8-16-13)15-12(14)10-5-3-4-6-10/h10-11H,3-9H2,1-2H3,(H2,14,15). The summed E-state index contributed by atoms with van der Waals surface area (Å²) in [7, 11) is 0. The average molecular weight is 224 g/mol. The SMILES string of the molecule is CC1(C)CC(N=C(N)C2CCCC2)CCO1. The highest BCUT2D eigenvalue weighted by Crippen LogP contribution is 2.28. The molecule has 3 nitrogen and oxygen atoms in total. The topological polar surface area (TPSA) is 47.6 Å². The highest BCUT2D eigenvalue weighted by atomic mass is 16.5. The molecule has 2 aliphatic rings. The van der Waals surface area contributed by atoms with Crippen molar-refractivity contribution in [3.05, 3.63) is 0 Å². The summed E-state index contributed by atoms with van der Waals surface area (Å²) in [5, 5.41) is 0. The maximum absolute atomic E-state index is 6.11. The van der Waals surface area contributed by atoms with Gasteiger partial charge in [-0.25, -0.2) is 0 Å². The summed E-state index contributed by atoms with van der Waals surface area (Å²) < 4.78 is 5.69. The Balaban J connectivity index is 1.94. The minimum absolute atomic E-state index is 0.0254. The van der Waals surface area contributed by atoms with Crippen molar-refractivity contribution in [2.24, 2.45) is 16.6 Å². The van der Waals surface area contributed by atoms with Gasteiger partial charge in [0.05, 0.1) is 17.5 Å². The van der Waals surface area contributed by atoms with Crippen LogP contribution < -0.4 is 5.73 Å². The fourth-order valence-electron chi connectivity index (χ4n) is 2.85. The minimum atomic E-state index is -0.0254. The zero-order valence-corrected chi connectivity index (χ0v) is 10.5. The third kappa shape index (κ3) is 2.97. The lowest BCUT2D eigenvalue weighted by Crippen LogP contribution is -2.37. The molecule has 1 saturated carbocycles. The molecule has 1 atom stereocenters. The van der Waals surface area contributed by atoms with E-state index >= 15 is 0 Å². The Morgan fingerprint density at radius 3 is 2.56 bits per heavy atom. The first-order chi connectivity index (χ1) is 7.57. The lowest BCUT2D eigenvalue weighted by molar-refractivity contribution is -0.0576. The lowest BCUT2D eigenvalue weighted by atomic mass is 9.94. The molecule has 0 aromatic carbocycles. The maximum atomic E-state index is 6.11. The number of hydrogen-bond donors (Lipinski definition) is 1. The van der Waals surface area contributed by atoms with E-state index in [9.17, 15) is 0 Å². The van der Waals surface area contributed by atoms with E-state index in [0.717, 1.165) is 25.3 Å². The van der Waals surface area contributed by atoms with Crippen LogP contribution in [0, 0.1) is 5.92 Å². The van der Waals surface area contributed by atoms with Crippen LogP contribution in [-0.2, 0) is 4.74 Å². The first-order valence-corrected chi connectivity index (χ1v) is 6.54. The zero-order chi connectivity index (χ0) is 11.6. The van der Waals surface area contributed by atoms with Gasteiger partial charge >= 0.3 is 0 Å². The Kier molecular flexibility index (Phi) is 3.53. The highest BCUT2D eigenvalue weighted by Gasteiger charge is 2.29. The first kappa shape index (κ1) is 11.9. The van der Waals surface area contributed by atoms with Crippen LogP contribution in [0.3, 0.4) is 0 Å². The van der Waals surface area contributed by atoms with Gasteiger partial charge in [0.25, 0.3) is 0 Å². The van der Waals surface area contributed by atoms with Crippen LogP contribution in [0.15, 0.2) is 4.99 Å². The molecule has 2 rings (SSSR count). The molecule has 2 N–H and O–H groups in total. The molecule has 1 heterocycles. The summed E-state index contributed by atoms with van der Waals surface area (Å²) in [4.78, 5) is 4.73. The number of aliphatic imine (C=N–C) groups is 1. The van der Waals surface area contributed by atoms with Crippen LogP contribution >= 0.6 is 0 Å². The minimum Gasteiger partial charge on any atom is -0.387 e. The molecule has 0 bridgehead atoms. The Bertz CT molecular complexity index is 267. The number of nitrogens with zero attached hydrogens (tertiary/aromatic N) is 1. The second kappa shape index (κ2) is 4.74. The van der Waals surface area contributed by atoms with E-state index < -0.39 is 0 Å². The van der Waals surface area contributed by atoms with Crippen LogP contribution in [0.4, 0.5) is 0 Å². The monoisotopic (exact) mass is 224 g/mol. The summed E-state index contributed by atoms with van der Waals surface area (Å²) in [6.07, 6.45) is 7.14. The third-order valence-corrected chi connectivity index (χ3v) is 3.78. The van der Waals surface area contributed by atoms with E-state index in [0.29, 0.717) is 12.0 Å². The Labute approximate surface area is 98.5 Å². The molecule has 1 saturated heterocycles. The largest absolute Gasteiger partial charge is 0.387 e. The van der Waals surface area contributed by atoms with Gasteiger partial charge in [-0.15, -0.1) is 0 Å². The van der Waals surface area contributed by atoms with Crippen molar-refractivity contribution in [2.45, 2.75) is 64.0 Å². The summed E-state index contributed by atoms with van der Waals surface area (Å²) >= 11 is 0. The molecule has 0 spiro atoms. The fraction of sp³-hybridized carbons (Fsp3) is 0.923. The summed E-state index contributed by atoms with van der Waals surface area (Å²) in [5.74, 6) is 1.46. The van der Waals surface area contributed by atoms with Crippen LogP contribution in [0.25, 0.3) is 0 Å². The van der Waals surface area contributed by atoms with Crippen molar-refractivity contribution in [3.63, 3.8) is 0 Å². The van der Waals surface area contributed by atoms with Gasteiger partial charge in [0, 0.05) is 12.5 Å². The fourth-order valence-corrected chi connectivity index (χ4v) is 2.85. The van der Waals surface area contributed by atoms with E-state index in [1.54, 1.807) is 0 Å². The van der Waals surface area contributed by atoms with Crippen LogP contribution in [-0.4, -0.2) is 24.1 Å². The summed E-state index contributed by atoms with van der Waals surface area (Å²) in [6, 6.07) is 0.379. The van der Waals surface area contributed by atoms with Gasteiger partial charge in [-0.1, -0.05) is 12.8 Å². The smallest absolute Gasteiger partial charge is 0.0971 e. The molecule has 1 aliphatic heterocycles. The number of nitrogens with two attached hydrogens (primary N) is 1. The Hall–Kier alpha value is -0.570. The van der Waals surface area contributed by atoms with Crippen molar-refractivity contribution in [1.29, 1.82) is 0 Å². The molecule has 1 unspecified atom stereocenters. The third-order valence-electron chi connectivity index (χ3n) is 3.78. The second-order valence-electron chi connectivity index (χ2n) is 5.79. The van der Waals surface area contributed by atoms with Crippen molar-refractivity contribution in [2.75, 3.05) is 6.61 Å². The highest BCUT2D eigenvalue weighted by molar-refractivity contribution is 5.83. The van der Waals surface area contributed by atoms with E-state index in [-0.39, 0.29) is 5.60 Å². The molecule has 16 heavy (non-hydrogen) atoms. The van der Waals surface area contributed by atoms with Crippen molar-refractivity contribution in [1.82, 2.24) is 0 Å². The predicted octanol–water partition coefficient (Wildman–Crippen LogP) is 2.49. The number of rotatable bonds is 2. The van der Waals surface area contributed by atoms with Crippen molar-refractivity contribution >= 4 is 5.84 Å². The van der Waals surface area contributed by atoms with Crippen LogP contribution in [0.2, 0.25) is 0 Å². The van der Waals surface area contributed by atoms with Gasteiger partial charge in [0.15, 0.2) is 0 Å². The van der Waals surface area contributed by atoms with E-state index in [1.165, 1.54) is 25.7 Å². The van der Waals surface area contributed by atoms with Crippen LogP contribution in [0.5, 0.6) is 0 Å². The number of amidine groups is 1. The summed E-state index contributed by atoms with van der Waals surface area (Å²) in [6.45, 7) is 5.10. The molecular weight excluding hydrogens is 200 g/mol. The Morgan fingerprint density at radius 2 is 1.94 bits per heavy atom. The van der Waals surface area contributed by atoms with Crippen molar-refractivity contribution < 1.29 is 4.74 Å². The zero-order valence-electron chi connectivity index (χ0n) is 10.5. The number of hydrogen-bond acceptors (Lipinski definition) is 2. The quantitative estimate of drug-likeness (QED) is 0.578. The van der Waals surface area contributed by atoms with Crippen LogP contribution in [0.1, 0.15) is 52.4 Å². The molecular formula is C13H24N2O. The Morgan fingerprint density at radius 1 is 1.25 bits per heavy atom. The first-order valence-electron chi connectivity index (χ1n) is 6.54. The normalized spacial score (nSPS) is 31.9. The molecule has 2 fully saturated rings. The van der Waals surface area contributed by atoms with E-state index in [1.807, 2.05) is 0 Å². The molecule has 0 aromatic rings. The van der Waals surface area contributed by atoms with E-state index in [2.05, 4.69) is 13.8 Å². The van der Waals surface area contributed by atoms with Gasteiger partial charge < -0.3 is 10.5 Å². The van der Waals surface area contributed by atoms with Gasteiger partial charge in [0.1, 0.15) is 0 Å². The lowest BCUT2D eigenvalue weighted by Gasteiger charge is -2.34. The van der Waals surface area contributed by atoms with Crippen molar-refractivity contribution in [3.8, 4) is 0 Å². The van der Waals surface area contributed by atoms with Gasteiger partial charge in [-0.2, -0.15) is 0 Å². The maximum Gasteiger partial charge on any atom is 0.0971 e. The predicted molar refractivity (Wildman–Crippen MR) is 66.6 cm³/mol. The van der Waals surface area contributed by atoms with Gasteiger partial charge in [-0.3, -0.25) is 4.99 Å². The molecule has 0 aromatic heterocycles. The van der Waals surface area contributed by atoms with Gasteiger partial charge in [0.2, 0.25) is 0 Å². The average Bonchev–Trinajstić information content (AvgIpc) is 2.68. The molecule has 0 amide bonds. The summed E-state index contributed by atoms with van der Waals surface area (Å²) in [5.41, 5.74) is 6.08.